The number of rotatable bonds is 1. The Labute approximate surface area is 96.7 Å². The summed E-state index contributed by atoms with van der Waals surface area (Å²) in [6.07, 6.45) is -1.00. The second-order valence-corrected chi connectivity index (χ2v) is 4.01. The third-order valence-electron chi connectivity index (χ3n) is 2.93. The Hall–Kier alpha value is -1.64. The van der Waals surface area contributed by atoms with Gasteiger partial charge < -0.3 is 26.0 Å². The van der Waals surface area contributed by atoms with E-state index < -0.39 is 18.4 Å². The standard InChI is InChI=1S/C9H13N5O3/c10-7-5-8(12-2-11-7)14(3-13-5)9-6(16)4(15)1-17-9/h3-4,6,9,12,15-16H,1-2H2,(H2,10,11)/t4-,6-,9?/m1/s1. The lowest BCUT2D eigenvalue weighted by molar-refractivity contribution is -0.0172. The van der Waals surface area contributed by atoms with Gasteiger partial charge in [0.25, 0.3) is 0 Å². The van der Waals surface area contributed by atoms with Crippen LogP contribution in [-0.4, -0.2) is 51.1 Å². The molecule has 1 saturated heterocycles. The number of hydrogen-bond acceptors (Lipinski definition) is 7. The number of aliphatic imine (C=N–C) groups is 1. The van der Waals surface area contributed by atoms with Gasteiger partial charge in [-0.25, -0.2) is 9.98 Å². The Morgan fingerprint density at radius 3 is 3.06 bits per heavy atom. The zero-order valence-electron chi connectivity index (χ0n) is 8.95. The number of aliphatic hydroxyl groups is 2. The normalized spacial score (nSPS) is 31.9. The molecule has 0 aliphatic carbocycles. The maximum Gasteiger partial charge on any atom is 0.165 e. The molecule has 8 heteroatoms. The highest BCUT2D eigenvalue weighted by Crippen LogP contribution is 2.29. The van der Waals surface area contributed by atoms with Crippen molar-refractivity contribution in [3.05, 3.63) is 12.0 Å². The fraction of sp³-hybridized carbons (Fsp3) is 0.556. The third-order valence-corrected chi connectivity index (χ3v) is 2.93. The summed E-state index contributed by atoms with van der Waals surface area (Å²) in [5.74, 6) is 1.00. The first-order valence-electron chi connectivity index (χ1n) is 5.27. The average molecular weight is 239 g/mol. The summed E-state index contributed by atoms with van der Waals surface area (Å²) >= 11 is 0. The summed E-state index contributed by atoms with van der Waals surface area (Å²) in [6.45, 7) is 0.457. The minimum absolute atomic E-state index is 0.0996. The predicted octanol–water partition coefficient (Wildman–Crippen LogP) is -1.78. The molecule has 0 bridgehead atoms. The summed E-state index contributed by atoms with van der Waals surface area (Å²) in [6, 6.07) is 0. The van der Waals surface area contributed by atoms with Gasteiger partial charge in [-0.15, -0.1) is 0 Å². The lowest BCUT2D eigenvalue weighted by Crippen LogP contribution is -2.30. The minimum atomic E-state index is -0.977. The summed E-state index contributed by atoms with van der Waals surface area (Å²) < 4.78 is 6.95. The Morgan fingerprint density at radius 2 is 2.35 bits per heavy atom. The topological polar surface area (TPSA) is 118 Å². The first-order chi connectivity index (χ1) is 8.18. The fourth-order valence-corrected chi connectivity index (χ4v) is 2.02. The van der Waals surface area contributed by atoms with E-state index in [1.165, 1.54) is 6.33 Å². The maximum atomic E-state index is 9.78. The van der Waals surface area contributed by atoms with E-state index >= 15 is 0 Å². The molecule has 2 aliphatic rings. The number of nitrogens with one attached hydrogen (secondary N) is 1. The van der Waals surface area contributed by atoms with Crippen molar-refractivity contribution in [3.8, 4) is 0 Å². The Balaban J connectivity index is 1.98. The van der Waals surface area contributed by atoms with Crippen LogP contribution in [0, 0.1) is 0 Å². The van der Waals surface area contributed by atoms with Crippen LogP contribution in [0.1, 0.15) is 11.9 Å². The number of nitrogens with zero attached hydrogens (tertiary/aromatic N) is 3. The van der Waals surface area contributed by atoms with Gasteiger partial charge in [0.15, 0.2) is 6.23 Å². The van der Waals surface area contributed by atoms with Crippen molar-refractivity contribution in [2.24, 2.45) is 10.7 Å². The van der Waals surface area contributed by atoms with Crippen molar-refractivity contribution in [2.75, 3.05) is 18.6 Å². The van der Waals surface area contributed by atoms with Gasteiger partial charge in [0.2, 0.25) is 0 Å². The van der Waals surface area contributed by atoms with Crippen molar-refractivity contribution in [1.29, 1.82) is 0 Å². The van der Waals surface area contributed by atoms with E-state index in [0.717, 1.165) is 0 Å². The smallest absolute Gasteiger partial charge is 0.165 e. The quantitative estimate of drug-likeness (QED) is 0.460. The molecule has 0 aromatic carbocycles. The van der Waals surface area contributed by atoms with Gasteiger partial charge in [0.05, 0.1) is 12.9 Å². The number of fused-ring (bicyclic) bond motifs is 1. The number of anilines is 1. The van der Waals surface area contributed by atoms with Crippen LogP contribution in [0.15, 0.2) is 11.3 Å². The van der Waals surface area contributed by atoms with Crippen molar-refractivity contribution < 1.29 is 14.9 Å². The minimum Gasteiger partial charge on any atom is -0.388 e. The maximum absolute atomic E-state index is 9.78. The van der Waals surface area contributed by atoms with Gasteiger partial charge in [-0.3, -0.25) is 4.57 Å². The average Bonchev–Trinajstić information content (AvgIpc) is 2.86. The SMILES string of the molecule is NC1=NCNc2c1ncn2C1OC[C@@H](O)[C@H]1O. The molecule has 1 aromatic heterocycles. The molecule has 5 N–H and O–H groups in total. The Bertz CT molecular complexity index is 471. The van der Waals surface area contributed by atoms with Gasteiger partial charge in [-0.1, -0.05) is 0 Å². The molecule has 8 nitrogen and oxygen atoms in total. The molecule has 92 valence electrons. The third kappa shape index (κ3) is 1.49. The number of nitrogens with two attached hydrogens (primary N) is 1. The molecule has 17 heavy (non-hydrogen) atoms. The lowest BCUT2D eigenvalue weighted by atomic mass is 10.2. The van der Waals surface area contributed by atoms with Crippen LogP contribution < -0.4 is 11.1 Å². The first-order valence-corrected chi connectivity index (χ1v) is 5.27. The molecule has 3 atom stereocenters. The van der Waals surface area contributed by atoms with Gasteiger partial charge in [-0.2, -0.15) is 0 Å². The van der Waals surface area contributed by atoms with Crippen LogP contribution in [0.3, 0.4) is 0 Å². The van der Waals surface area contributed by atoms with Crippen molar-refractivity contribution in [2.45, 2.75) is 18.4 Å². The summed E-state index contributed by atoms with van der Waals surface area (Å²) in [4.78, 5) is 8.11. The van der Waals surface area contributed by atoms with E-state index in [0.29, 0.717) is 24.0 Å². The molecule has 0 radical (unpaired) electrons. The Morgan fingerprint density at radius 1 is 1.53 bits per heavy atom. The zero-order valence-corrected chi connectivity index (χ0v) is 8.95. The molecular formula is C9H13N5O3. The number of hydrogen-bond donors (Lipinski definition) is 4. The van der Waals surface area contributed by atoms with E-state index in [4.69, 9.17) is 10.5 Å². The van der Waals surface area contributed by atoms with Gasteiger partial charge >= 0.3 is 0 Å². The highest BCUT2D eigenvalue weighted by Gasteiger charge is 2.37. The molecule has 1 unspecified atom stereocenters. The second-order valence-electron chi connectivity index (χ2n) is 4.01. The highest BCUT2D eigenvalue weighted by atomic mass is 16.5. The molecule has 0 amide bonds. The van der Waals surface area contributed by atoms with Crippen LogP contribution in [0.5, 0.6) is 0 Å². The van der Waals surface area contributed by atoms with Crippen molar-refractivity contribution in [3.63, 3.8) is 0 Å². The largest absolute Gasteiger partial charge is 0.388 e. The van der Waals surface area contributed by atoms with Crippen LogP contribution in [0.2, 0.25) is 0 Å². The zero-order chi connectivity index (χ0) is 12.0. The number of aliphatic hydroxyl groups excluding tert-OH is 2. The van der Waals surface area contributed by atoms with Crippen LogP contribution >= 0.6 is 0 Å². The van der Waals surface area contributed by atoms with E-state index in [2.05, 4.69) is 15.3 Å². The summed E-state index contributed by atoms with van der Waals surface area (Å²) in [5, 5.41) is 22.2. The second kappa shape index (κ2) is 3.69. The molecule has 0 spiro atoms. The van der Waals surface area contributed by atoms with E-state index in [1.807, 2.05) is 0 Å². The molecule has 1 fully saturated rings. The molecule has 2 aliphatic heterocycles. The number of imidazole rings is 1. The summed E-state index contributed by atoms with van der Waals surface area (Å²) in [7, 11) is 0. The van der Waals surface area contributed by atoms with Crippen LogP contribution in [0.25, 0.3) is 0 Å². The first kappa shape index (κ1) is 10.5. The Kier molecular flexibility index (Phi) is 2.28. The van der Waals surface area contributed by atoms with Crippen molar-refractivity contribution in [1.82, 2.24) is 9.55 Å². The summed E-state index contributed by atoms with van der Waals surface area (Å²) in [5.41, 5.74) is 6.24. The molecular weight excluding hydrogens is 226 g/mol. The van der Waals surface area contributed by atoms with E-state index in [9.17, 15) is 10.2 Å². The number of aromatic nitrogens is 2. The van der Waals surface area contributed by atoms with Gasteiger partial charge in [0.1, 0.15) is 36.2 Å². The molecule has 3 heterocycles. The van der Waals surface area contributed by atoms with Crippen LogP contribution in [-0.2, 0) is 4.74 Å². The fourth-order valence-electron chi connectivity index (χ4n) is 2.02. The van der Waals surface area contributed by atoms with Crippen LogP contribution in [0.4, 0.5) is 5.82 Å². The predicted molar refractivity (Wildman–Crippen MR) is 58.4 cm³/mol. The monoisotopic (exact) mass is 239 g/mol. The number of amidine groups is 1. The molecule has 1 aromatic rings. The molecule has 0 saturated carbocycles. The lowest BCUT2D eigenvalue weighted by Gasteiger charge is -2.21. The highest BCUT2D eigenvalue weighted by molar-refractivity contribution is 6.01. The number of ether oxygens (including phenoxy) is 1. The van der Waals surface area contributed by atoms with E-state index in [1.54, 1.807) is 4.57 Å². The van der Waals surface area contributed by atoms with Gasteiger partial charge in [0, 0.05) is 0 Å². The van der Waals surface area contributed by atoms with Gasteiger partial charge in [-0.05, 0) is 0 Å². The molecule has 3 rings (SSSR count). The van der Waals surface area contributed by atoms with E-state index in [-0.39, 0.29) is 6.61 Å². The van der Waals surface area contributed by atoms with Crippen molar-refractivity contribution >= 4 is 11.7 Å².